The van der Waals surface area contributed by atoms with Crippen LogP contribution < -0.4 is 0 Å². The van der Waals surface area contributed by atoms with Crippen LogP contribution in [-0.4, -0.2) is 43.1 Å². The maximum Gasteiger partial charge on any atom is 0.330 e. The van der Waals surface area contributed by atoms with Gasteiger partial charge in [0.15, 0.2) is 6.10 Å². The van der Waals surface area contributed by atoms with Gasteiger partial charge in [-0.05, 0) is 25.3 Å². The van der Waals surface area contributed by atoms with E-state index >= 15 is 0 Å². The summed E-state index contributed by atoms with van der Waals surface area (Å²) in [7, 11) is 1.28. The fourth-order valence-electron chi connectivity index (χ4n) is 2.85. The Morgan fingerprint density at radius 1 is 1.44 bits per heavy atom. The van der Waals surface area contributed by atoms with Crippen LogP contribution in [0.1, 0.15) is 47.0 Å². The second-order valence-corrected chi connectivity index (χ2v) is 6.88. The molecule has 0 aliphatic carbocycles. The average Bonchev–Trinajstić information content (AvgIpc) is 2.57. The molecule has 1 heterocycles. The van der Waals surface area contributed by atoms with Crippen molar-refractivity contribution in [1.82, 2.24) is 0 Å². The minimum Gasteiger partial charge on any atom is -0.466 e. The van der Waals surface area contributed by atoms with Gasteiger partial charge in [0, 0.05) is 12.5 Å². The van der Waals surface area contributed by atoms with Gasteiger partial charge in [0.25, 0.3) is 0 Å². The molecule has 3 atom stereocenters. The fourth-order valence-corrected chi connectivity index (χ4v) is 2.85. The van der Waals surface area contributed by atoms with Crippen LogP contribution >= 0.6 is 0 Å². The molecule has 0 saturated carbocycles. The number of ether oxygens (including phenoxy) is 3. The lowest BCUT2D eigenvalue weighted by atomic mass is 9.69. The molecule has 1 saturated heterocycles. The molecule has 0 N–H and O–H groups in total. The van der Waals surface area contributed by atoms with Crippen LogP contribution in [0.3, 0.4) is 0 Å². The van der Waals surface area contributed by atoms with Crippen molar-refractivity contribution in [3.8, 4) is 0 Å². The van der Waals surface area contributed by atoms with E-state index in [1.54, 1.807) is 33.8 Å². The number of methoxy groups -OCH3 is 1. The highest BCUT2D eigenvalue weighted by atomic mass is 16.6. The summed E-state index contributed by atoms with van der Waals surface area (Å²) in [5.41, 5.74) is -1.52. The van der Waals surface area contributed by atoms with Gasteiger partial charge in [-0.3, -0.25) is 4.79 Å². The number of hydrogen-bond donors (Lipinski definition) is 0. The summed E-state index contributed by atoms with van der Waals surface area (Å²) in [5, 5.41) is 0. The largest absolute Gasteiger partial charge is 0.466 e. The standard InChI is InChI=1S/C19H28O6/c1-7-9-14-10-13(11-16(22)23-6)17(24-15(21)8-2)19(5,25-14)18(3,4)12-20/h7,11-12,14,17H,1,8-10H2,2-6H3/t14?,17-,19+/m0/s1. The smallest absolute Gasteiger partial charge is 0.330 e. The number of hydrogen-bond acceptors (Lipinski definition) is 6. The van der Waals surface area contributed by atoms with E-state index in [1.165, 1.54) is 13.2 Å². The molecule has 25 heavy (non-hydrogen) atoms. The molecule has 1 aliphatic heterocycles. The Labute approximate surface area is 149 Å². The first-order valence-electron chi connectivity index (χ1n) is 8.38. The Hall–Kier alpha value is -1.95. The van der Waals surface area contributed by atoms with Gasteiger partial charge in [0.2, 0.25) is 0 Å². The highest BCUT2D eigenvalue weighted by Crippen LogP contribution is 2.45. The summed E-state index contributed by atoms with van der Waals surface area (Å²) in [6.45, 7) is 10.6. The molecule has 0 radical (unpaired) electrons. The van der Waals surface area contributed by atoms with E-state index in [2.05, 4.69) is 6.58 Å². The lowest BCUT2D eigenvalue weighted by Gasteiger charge is -2.51. The lowest BCUT2D eigenvalue weighted by Crippen LogP contribution is -2.60. The van der Waals surface area contributed by atoms with Crippen molar-refractivity contribution >= 4 is 18.2 Å². The number of carbonyl (C=O) groups is 3. The van der Waals surface area contributed by atoms with Gasteiger partial charge in [0.05, 0.1) is 18.6 Å². The van der Waals surface area contributed by atoms with E-state index in [0.717, 1.165) is 6.29 Å². The second-order valence-electron chi connectivity index (χ2n) is 6.88. The molecule has 0 aromatic rings. The van der Waals surface area contributed by atoms with Gasteiger partial charge < -0.3 is 19.0 Å². The normalized spacial score (nSPS) is 28.3. The molecule has 140 valence electrons. The number of carbonyl (C=O) groups excluding carboxylic acids is 3. The summed E-state index contributed by atoms with van der Waals surface area (Å²) in [6, 6.07) is 0. The predicted octanol–water partition coefficient (Wildman–Crippen LogP) is 2.76. The highest BCUT2D eigenvalue weighted by molar-refractivity contribution is 5.83. The van der Waals surface area contributed by atoms with Crippen molar-refractivity contribution < 1.29 is 28.6 Å². The maximum absolute atomic E-state index is 12.0. The summed E-state index contributed by atoms with van der Waals surface area (Å²) < 4.78 is 16.5. The molecular formula is C19H28O6. The number of esters is 2. The monoisotopic (exact) mass is 352 g/mol. The fraction of sp³-hybridized carbons (Fsp3) is 0.632. The summed E-state index contributed by atoms with van der Waals surface area (Å²) >= 11 is 0. The summed E-state index contributed by atoms with van der Waals surface area (Å²) in [4.78, 5) is 35.5. The Bertz CT molecular complexity index is 562. The summed E-state index contributed by atoms with van der Waals surface area (Å²) in [6.07, 6.45) is 3.78. The highest BCUT2D eigenvalue weighted by Gasteiger charge is 2.55. The topological polar surface area (TPSA) is 78.9 Å². The zero-order valence-corrected chi connectivity index (χ0v) is 15.7. The van der Waals surface area contributed by atoms with Gasteiger partial charge in [-0.25, -0.2) is 4.79 Å². The van der Waals surface area contributed by atoms with Gasteiger partial charge in [-0.1, -0.05) is 26.8 Å². The third kappa shape index (κ3) is 4.57. The van der Waals surface area contributed by atoms with Gasteiger partial charge in [0.1, 0.15) is 11.9 Å². The van der Waals surface area contributed by atoms with Crippen LogP contribution in [0.2, 0.25) is 0 Å². The van der Waals surface area contributed by atoms with Crippen LogP contribution in [0.15, 0.2) is 24.3 Å². The second kappa shape index (κ2) is 8.43. The van der Waals surface area contributed by atoms with Crippen molar-refractivity contribution in [2.75, 3.05) is 7.11 Å². The van der Waals surface area contributed by atoms with Crippen molar-refractivity contribution in [3.63, 3.8) is 0 Å². The van der Waals surface area contributed by atoms with E-state index in [0.29, 0.717) is 18.4 Å². The molecule has 1 aliphatic rings. The molecule has 6 heteroatoms. The van der Waals surface area contributed by atoms with Crippen LogP contribution in [-0.2, 0) is 28.6 Å². The third-order valence-corrected chi connectivity index (χ3v) is 4.76. The van der Waals surface area contributed by atoms with Crippen LogP contribution in [0, 0.1) is 5.41 Å². The average molecular weight is 352 g/mol. The van der Waals surface area contributed by atoms with E-state index in [9.17, 15) is 14.4 Å². The van der Waals surface area contributed by atoms with Crippen molar-refractivity contribution in [1.29, 1.82) is 0 Å². The molecular weight excluding hydrogens is 324 g/mol. The lowest BCUT2D eigenvalue weighted by molar-refractivity contribution is -0.217. The van der Waals surface area contributed by atoms with Gasteiger partial charge >= 0.3 is 11.9 Å². The van der Waals surface area contributed by atoms with Gasteiger partial charge in [-0.2, -0.15) is 0 Å². The number of rotatable bonds is 7. The predicted molar refractivity (Wildman–Crippen MR) is 92.8 cm³/mol. The summed E-state index contributed by atoms with van der Waals surface area (Å²) in [5.74, 6) is -0.975. The Kier molecular flexibility index (Phi) is 7.11. The van der Waals surface area contributed by atoms with Crippen molar-refractivity contribution in [3.05, 3.63) is 24.3 Å². The van der Waals surface area contributed by atoms with Crippen LogP contribution in [0.25, 0.3) is 0 Å². The zero-order valence-electron chi connectivity index (χ0n) is 15.7. The minimum absolute atomic E-state index is 0.176. The van der Waals surface area contributed by atoms with Crippen LogP contribution in [0.4, 0.5) is 0 Å². The zero-order chi connectivity index (χ0) is 19.3. The van der Waals surface area contributed by atoms with Crippen LogP contribution in [0.5, 0.6) is 0 Å². The molecule has 6 nitrogen and oxygen atoms in total. The van der Waals surface area contributed by atoms with E-state index < -0.39 is 29.1 Å². The molecule has 0 aromatic heterocycles. The van der Waals surface area contributed by atoms with Crippen molar-refractivity contribution in [2.45, 2.75) is 64.8 Å². The van der Waals surface area contributed by atoms with Crippen molar-refractivity contribution in [2.24, 2.45) is 5.41 Å². The molecule has 0 bridgehead atoms. The molecule has 0 aromatic carbocycles. The number of aldehydes is 1. The Morgan fingerprint density at radius 2 is 2.08 bits per heavy atom. The van der Waals surface area contributed by atoms with E-state index in [4.69, 9.17) is 14.2 Å². The SMILES string of the molecule is C=CCC1CC(=CC(=O)OC)[C@H](OC(=O)CC)[C@](C)(C(C)(C)C=O)O1. The van der Waals surface area contributed by atoms with E-state index in [1.807, 2.05) is 0 Å². The molecule has 1 fully saturated rings. The van der Waals surface area contributed by atoms with Gasteiger partial charge in [-0.15, -0.1) is 6.58 Å². The first kappa shape index (κ1) is 21.1. The first-order chi connectivity index (χ1) is 11.6. The first-order valence-corrected chi connectivity index (χ1v) is 8.38. The molecule has 1 unspecified atom stereocenters. The van der Waals surface area contributed by atoms with E-state index in [-0.39, 0.29) is 12.5 Å². The third-order valence-electron chi connectivity index (χ3n) is 4.76. The molecule has 0 spiro atoms. The minimum atomic E-state index is -1.13. The molecule has 1 rings (SSSR count). The molecule has 0 amide bonds. The maximum atomic E-state index is 12.0. The quantitative estimate of drug-likeness (QED) is 0.303. The Morgan fingerprint density at radius 3 is 2.56 bits per heavy atom. The Balaban J connectivity index is 3.46.